The van der Waals surface area contributed by atoms with E-state index in [0.29, 0.717) is 5.92 Å². The first-order valence-corrected chi connectivity index (χ1v) is 10.6. The molecule has 1 atom stereocenters. The number of para-hydroxylation sites is 1. The number of hydrogen-bond donors (Lipinski definition) is 0. The molecule has 3 aromatic carbocycles. The van der Waals surface area contributed by atoms with Crippen LogP contribution >= 0.6 is 23.5 Å². The van der Waals surface area contributed by atoms with Crippen molar-refractivity contribution < 1.29 is 0 Å². The highest BCUT2D eigenvalue weighted by Crippen LogP contribution is 2.49. The highest BCUT2D eigenvalue weighted by molar-refractivity contribution is 8.00. The molecule has 0 spiro atoms. The molecule has 0 radical (unpaired) electrons. The average Bonchev–Trinajstić information content (AvgIpc) is 2.68. The van der Waals surface area contributed by atoms with Crippen molar-refractivity contribution in [1.82, 2.24) is 0 Å². The molecule has 1 aliphatic heterocycles. The number of benzene rings is 3. The first kappa shape index (κ1) is 16.6. The number of thioether (sulfide) groups is 1. The maximum absolute atomic E-state index is 2.50. The Morgan fingerprint density at radius 1 is 0.880 bits per heavy atom. The molecule has 1 nitrogen and oxygen atoms in total. The third-order valence-corrected chi connectivity index (χ3v) is 6.51. The van der Waals surface area contributed by atoms with E-state index in [1.165, 1.54) is 31.6 Å². The van der Waals surface area contributed by atoms with Crippen LogP contribution in [0, 0.1) is 0 Å². The quantitative estimate of drug-likeness (QED) is 0.468. The third kappa shape index (κ3) is 3.31. The molecular weight excluding hydrogens is 342 g/mol. The van der Waals surface area contributed by atoms with E-state index in [4.69, 9.17) is 0 Å². The molecule has 0 amide bonds. The third-order valence-electron chi connectivity index (χ3n) is 4.66. The molecule has 0 aliphatic carbocycles. The Labute approximate surface area is 158 Å². The Morgan fingerprint density at radius 2 is 1.60 bits per heavy atom. The molecule has 4 rings (SSSR count). The van der Waals surface area contributed by atoms with Gasteiger partial charge in [0.2, 0.25) is 0 Å². The molecule has 0 fully saturated rings. The summed E-state index contributed by atoms with van der Waals surface area (Å²) in [5.41, 5.74) is 4.04. The van der Waals surface area contributed by atoms with Crippen molar-refractivity contribution in [3.8, 4) is 0 Å². The fraction of sp³-hybridized carbons (Fsp3) is 0.182. The van der Waals surface area contributed by atoms with Gasteiger partial charge < -0.3 is 4.90 Å². The van der Waals surface area contributed by atoms with Crippen molar-refractivity contribution in [2.45, 2.75) is 27.5 Å². The van der Waals surface area contributed by atoms with Crippen LogP contribution in [0.15, 0.2) is 87.5 Å². The number of nitrogens with zero attached hydrogens (tertiary/aromatic N) is 1. The van der Waals surface area contributed by atoms with Gasteiger partial charge in [-0.25, -0.2) is 0 Å². The fourth-order valence-corrected chi connectivity index (χ4v) is 4.80. The molecule has 126 valence electrons. The largest absolute Gasteiger partial charge is 0.339 e. The van der Waals surface area contributed by atoms with Gasteiger partial charge in [0, 0.05) is 21.2 Å². The van der Waals surface area contributed by atoms with Crippen LogP contribution in [0.3, 0.4) is 0 Å². The van der Waals surface area contributed by atoms with Crippen LogP contribution in [-0.4, -0.2) is 12.8 Å². The average molecular weight is 364 g/mol. The lowest BCUT2D eigenvalue weighted by Gasteiger charge is -2.35. The van der Waals surface area contributed by atoms with E-state index in [1.807, 2.05) is 11.8 Å². The zero-order valence-electron chi connectivity index (χ0n) is 14.5. The first-order chi connectivity index (χ1) is 12.3. The van der Waals surface area contributed by atoms with Gasteiger partial charge in [-0.05, 0) is 48.1 Å². The van der Waals surface area contributed by atoms with E-state index >= 15 is 0 Å². The lowest BCUT2D eigenvalue weighted by atomic mass is 10.00. The summed E-state index contributed by atoms with van der Waals surface area (Å²) < 4.78 is 0. The summed E-state index contributed by atoms with van der Waals surface area (Å²) in [6.45, 7) is 3.30. The van der Waals surface area contributed by atoms with Crippen molar-refractivity contribution in [1.29, 1.82) is 0 Å². The van der Waals surface area contributed by atoms with Crippen molar-refractivity contribution in [2.24, 2.45) is 0 Å². The van der Waals surface area contributed by atoms with Crippen LogP contribution in [0.25, 0.3) is 0 Å². The molecule has 0 aromatic heterocycles. The second kappa shape index (κ2) is 7.19. The smallest absolute Gasteiger partial charge is 0.0564 e. The summed E-state index contributed by atoms with van der Waals surface area (Å²) in [6, 6.07) is 26.4. The van der Waals surface area contributed by atoms with Gasteiger partial charge in [0.05, 0.1) is 11.4 Å². The molecule has 1 unspecified atom stereocenters. The summed E-state index contributed by atoms with van der Waals surface area (Å²) in [7, 11) is 0. The Morgan fingerprint density at radius 3 is 2.40 bits per heavy atom. The predicted molar refractivity (Wildman–Crippen MR) is 111 cm³/mol. The summed E-state index contributed by atoms with van der Waals surface area (Å²) in [5, 5.41) is 0. The van der Waals surface area contributed by atoms with Gasteiger partial charge in [0.25, 0.3) is 0 Å². The number of rotatable bonds is 4. The zero-order chi connectivity index (χ0) is 17.2. The monoisotopic (exact) mass is 363 g/mol. The van der Waals surface area contributed by atoms with Crippen molar-refractivity contribution in [3.63, 3.8) is 0 Å². The molecule has 0 bridgehead atoms. The highest BCUT2D eigenvalue weighted by atomic mass is 32.2. The molecule has 3 aromatic rings. The second-order valence-electron chi connectivity index (χ2n) is 6.33. The minimum atomic E-state index is 0.461. The van der Waals surface area contributed by atoms with Gasteiger partial charge in [-0.3, -0.25) is 0 Å². The molecule has 25 heavy (non-hydrogen) atoms. The first-order valence-electron chi connectivity index (χ1n) is 8.53. The Balaban J connectivity index is 1.75. The van der Waals surface area contributed by atoms with Crippen LogP contribution in [0.5, 0.6) is 0 Å². The second-order valence-corrected chi connectivity index (χ2v) is 8.29. The summed E-state index contributed by atoms with van der Waals surface area (Å²) in [4.78, 5) is 6.50. The molecule has 0 N–H and O–H groups in total. The Bertz CT molecular complexity index is 876. The summed E-state index contributed by atoms with van der Waals surface area (Å²) >= 11 is 3.68. The predicted octanol–water partition coefficient (Wildman–Crippen LogP) is 6.81. The molecular formula is C22H21NS2. The topological polar surface area (TPSA) is 3.24 Å². The van der Waals surface area contributed by atoms with Gasteiger partial charge in [-0.2, -0.15) is 0 Å². The molecule has 1 aliphatic rings. The Kier molecular flexibility index (Phi) is 4.78. The fourth-order valence-electron chi connectivity index (χ4n) is 3.29. The van der Waals surface area contributed by atoms with Crippen molar-refractivity contribution in [3.05, 3.63) is 78.4 Å². The SMILES string of the molecule is CSc1ccc2c(c1)N(CC(C)c1ccccc1)c1ccccc1S2. The zero-order valence-corrected chi connectivity index (χ0v) is 16.1. The maximum Gasteiger partial charge on any atom is 0.0564 e. The van der Waals surface area contributed by atoms with E-state index < -0.39 is 0 Å². The number of anilines is 2. The minimum absolute atomic E-state index is 0.461. The van der Waals surface area contributed by atoms with Crippen molar-refractivity contribution in [2.75, 3.05) is 17.7 Å². The lowest BCUT2D eigenvalue weighted by molar-refractivity contribution is 0.744. The van der Waals surface area contributed by atoms with Crippen LogP contribution in [0.4, 0.5) is 11.4 Å². The van der Waals surface area contributed by atoms with Crippen LogP contribution in [-0.2, 0) is 0 Å². The summed E-state index contributed by atoms with van der Waals surface area (Å²) in [6.07, 6.45) is 2.14. The normalized spacial score (nSPS) is 13.9. The van der Waals surface area contributed by atoms with Crippen LogP contribution < -0.4 is 4.90 Å². The van der Waals surface area contributed by atoms with E-state index in [9.17, 15) is 0 Å². The van der Waals surface area contributed by atoms with Crippen LogP contribution in [0.1, 0.15) is 18.4 Å². The number of fused-ring (bicyclic) bond motifs is 2. The van der Waals surface area contributed by atoms with Gasteiger partial charge in [0.1, 0.15) is 0 Å². The van der Waals surface area contributed by atoms with E-state index in [1.54, 1.807) is 11.8 Å². The molecule has 0 saturated carbocycles. The Hall–Kier alpha value is -1.84. The van der Waals surface area contributed by atoms with Crippen molar-refractivity contribution >= 4 is 34.9 Å². The van der Waals surface area contributed by atoms with Crippen LogP contribution in [0.2, 0.25) is 0 Å². The molecule has 1 heterocycles. The van der Waals surface area contributed by atoms with Gasteiger partial charge in [-0.15, -0.1) is 11.8 Å². The van der Waals surface area contributed by atoms with E-state index in [0.717, 1.165) is 6.54 Å². The van der Waals surface area contributed by atoms with Gasteiger partial charge in [-0.1, -0.05) is 61.2 Å². The van der Waals surface area contributed by atoms with E-state index in [2.05, 4.69) is 90.9 Å². The highest BCUT2D eigenvalue weighted by Gasteiger charge is 2.25. The standard InChI is InChI=1S/C22H21NS2/c1-16(17-8-4-3-5-9-17)15-23-19-10-6-7-11-21(19)25-22-13-12-18(24-2)14-20(22)23/h3-14,16H,15H2,1-2H3. The van der Waals surface area contributed by atoms with Gasteiger partial charge in [0.15, 0.2) is 0 Å². The van der Waals surface area contributed by atoms with E-state index in [-0.39, 0.29) is 0 Å². The molecule has 0 saturated heterocycles. The van der Waals surface area contributed by atoms with Gasteiger partial charge >= 0.3 is 0 Å². The summed E-state index contributed by atoms with van der Waals surface area (Å²) in [5.74, 6) is 0.461. The molecule has 3 heteroatoms. The maximum atomic E-state index is 2.50. The minimum Gasteiger partial charge on any atom is -0.339 e. The number of hydrogen-bond acceptors (Lipinski definition) is 3. The lowest BCUT2D eigenvalue weighted by Crippen LogP contribution is -2.25.